The van der Waals surface area contributed by atoms with Crippen molar-refractivity contribution in [2.75, 3.05) is 45.7 Å². The zero-order valence-electron chi connectivity index (χ0n) is 21.2. The average molecular weight is 514 g/mol. The minimum Gasteiger partial charge on any atom is -0.396 e. The molecule has 1 fully saturated rings. The number of nitrogens with zero attached hydrogens (tertiary/aromatic N) is 6. The molecule has 4 rings (SSSR count). The highest BCUT2D eigenvalue weighted by Gasteiger charge is 2.45. The summed E-state index contributed by atoms with van der Waals surface area (Å²) in [5.74, 6) is 0.756. The van der Waals surface area contributed by atoms with Gasteiger partial charge in [-0.3, -0.25) is 4.57 Å². The number of hydrogen-bond donors (Lipinski definition) is 3. The third-order valence-corrected chi connectivity index (χ3v) is 6.19. The molecular weight excluding hydrogens is 478 g/mol. The van der Waals surface area contributed by atoms with Crippen LogP contribution in [0.3, 0.4) is 0 Å². The van der Waals surface area contributed by atoms with Gasteiger partial charge in [-0.1, -0.05) is 35.5 Å². The van der Waals surface area contributed by atoms with Crippen LogP contribution in [0.5, 0.6) is 0 Å². The topological polar surface area (TPSA) is 153 Å². The van der Waals surface area contributed by atoms with Crippen LogP contribution in [0.2, 0.25) is 0 Å². The highest BCUT2D eigenvalue weighted by molar-refractivity contribution is 5.85. The first-order chi connectivity index (χ1) is 18.0. The normalized spacial score (nSPS) is 22.0. The number of imidazole rings is 1. The van der Waals surface area contributed by atoms with Crippen LogP contribution in [-0.4, -0.2) is 99.1 Å². The number of hydrogen-bond acceptors (Lipinski definition) is 11. The largest absolute Gasteiger partial charge is 0.396 e. The molecule has 0 bridgehead atoms. The molecule has 1 saturated heterocycles. The van der Waals surface area contributed by atoms with Crippen molar-refractivity contribution in [3.8, 4) is 11.4 Å². The van der Waals surface area contributed by atoms with E-state index >= 15 is 0 Å². The van der Waals surface area contributed by atoms with Gasteiger partial charge in [-0.15, -0.1) is 0 Å². The van der Waals surface area contributed by atoms with Gasteiger partial charge in [-0.2, -0.15) is 0 Å². The molecule has 0 aliphatic carbocycles. The molecule has 1 aliphatic rings. The Bertz CT molecular complexity index is 1160. The van der Waals surface area contributed by atoms with Crippen molar-refractivity contribution in [1.82, 2.24) is 24.4 Å². The maximum absolute atomic E-state index is 11.0. The fourth-order valence-electron chi connectivity index (χ4n) is 4.30. The molecule has 3 aromatic rings. The SMILES string of the molecule is CCOCC=NOCCCCN(C)C[C@H]1O[C@@H](n2c(-c3ccccc3)nc3c(N)ncnc32)[C@H](O)[C@@H]1O. The lowest BCUT2D eigenvalue weighted by Crippen LogP contribution is -2.38. The zero-order chi connectivity index (χ0) is 26.2. The number of rotatable bonds is 13. The Morgan fingerprint density at radius 1 is 1.19 bits per heavy atom. The smallest absolute Gasteiger partial charge is 0.168 e. The summed E-state index contributed by atoms with van der Waals surface area (Å²) >= 11 is 0. The van der Waals surface area contributed by atoms with Crippen LogP contribution in [0.4, 0.5) is 5.82 Å². The molecule has 0 saturated carbocycles. The number of anilines is 1. The number of benzene rings is 1. The summed E-state index contributed by atoms with van der Waals surface area (Å²) in [5.41, 5.74) is 7.71. The number of oxime groups is 1. The maximum Gasteiger partial charge on any atom is 0.168 e. The molecule has 4 N–H and O–H groups in total. The summed E-state index contributed by atoms with van der Waals surface area (Å²) in [5, 5.41) is 25.7. The number of aromatic nitrogens is 4. The number of ether oxygens (including phenoxy) is 2. The molecular formula is C25H35N7O5. The molecule has 3 heterocycles. The molecule has 1 aromatic carbocycles. The van der Waals surface area contributed by atoms with Crippen molar-refractivity contribution in [3.05, 3.63) is 36.7 Å². The lowest BCUT2D eigenvalue weighted by Gasteiger charge is -2.23. The number of likely N-dealkylation sites (N-methyl/N-ethyl adjacent to an activating group) is 1. The number of nitrogen functional groups attached to an aromatic ring is 1. The number of fused-ring (bicyclic) bond motifs is 1. The van der Waals surface area contributed by atoms with Crippen molar-refractivity contribution < 1.29 is 24.5 Å². The van der Waals surface area contributed by atoms with Gasteiger partial charge in [0.15, 0.2) is 23.2 Å². The summed E-state index contributed by atoms with van der Waals surface area (Å²) < 4.78 is 13.1. The van der Waals surface area contributed by atoms with Gasteiger partial charge < -0.3 is 35.2 Å². The molecule has 200 valence electrons. The van der Waals surface area contributed by atoms with Gasteiger partial charge in [0.25, 0.3) is 0 Å². The Morgan fingerprint density at radius 3 is 2.78 bits per heavy atom. The van der Waals surface area contributed by atoms with Gasteiger partial charge in [-0.05, 0) is 33.4 Å². The van der Waals surface area contributed by atoms with E-state index in [1.807, 2.05) is 44.3 Å². The molecule has 0 unspecified atom stereocenters. The summed E-state index contributed by atoms with van der Waals surface area (Å²) in [6, 6.07) is 9.50. The van der Waals surface area contributed by atoms with Crippen molar-refractivity contribution in [2.45, 2.75) is 44.3 Å². The maximum atomic E-state index is 11.0. The number of unbranched alkanes of at least 4 members (excludes halogenated alkanes) is 1. The van der Waals surface area contributed by atoms with Crippen LogP contribution in [-0.2, 0) is 14.3 Å². The van der Waals surface area contributed by atoms with Gasteiger partial charge in [0, 0.05) is 18.7 Å². The first-order valence-electron chi connectivity index (χ1n) is 12.5. The second-order valence-electron chi connectivity index (χ2n) is 8.90. The number of nitrogens with two attached hydrogens (primary N) is 1. The summed E-state index contributed by atoms with van der Waals surface area (Å²) in [6.07, 6.45) is 0.888. The van der Waals surface area contributed by atoms with Crippen LogP contribution in [0, 0.1) is 0 Å². The van der Waals surface area contributed by atoms with Crippen LogP contribution in [0.1, 0.15) is 26.0 Å². The zero-order valence-corrected chi connectivity index (χ0v) is 21.2. The lowest BCUT2D eigenvalue weighted by atomic mass is 10.1. The van der Waals surface area contributed by atoms with E-state index in [9.17, 15) is 10.2 Å². The quantitative estimate of drug-likeness (QED) is 0.174. The highest BCUT2D eigenvalue weighted by atomic mass is 16.6. The van der Waals surface area contributed by atoms with Gasteiger partial charge in [0.05, 0.1) is 12.8 Å². The van der Waals surface area contributed by atoms with Gasteiger partial charge in [-0.25, -0.2) is 15.0 Å². The van der Waals surface area contributed by atoms with Crippen molar-refractivity contribution in [2.24, 2.45) is 5.16 Å². The summed E-state index contributed by atoms with van der Waals surface area (Å²) in [7, 11) is 1.95. The number of aliphatic hydroxyl groups is 2. The Kier molecular flexibility index (Phi) is 9.36. The molecule has 2 aromatic heterocycles. The first-order valence-corrected chi connectivity index (χ1v) is 12.5. The molecule has 12 nitrogen and oxygen atoms in total. The monoisotopic (exact) mass is 513 g/mol. The van der Waals surface area contributed by atoms with Crippen molar-refractivity contribution >= 4 is 23.2 Å². The van der Waals surface area contributed by atoms with Crippen LogP contribution >= 0.6 is 0 Å². The van der Waals surface area contributed by atoms with Gasteiger partial charge >= 0.3 is 0 Å². The molecule has 37 heavy (non-hydrogen) atoms. The van der Waals surface area contributed by atoms with Crippen LogP contribution in [0.15, 0.2) is 41.8 Å². The predicted molar refractivity (Wildman–Crippen MR) is 139 cm³/mol. The molecule has 0 spiro atoms. The second-order valence-corrected chi connectivity index (χ2v) is 8.90. The van der Waals surface area contributed by atoms with E-state index in [0.717, 1.165) is 24.9 Å². The van der Waals surface area contributed by atoms with E-state index in [1.54, 1.807) is 10.8 Å². The summed E-state index contributed by atoms with van der Waals surface area (Å²) in [6.45, 7) is 4.73. The highest BCUT2D eigenvalue weighted by Crippen LogP contribution is 2.36. The minimum absolute atomic E-state index is 0.231. The average Bonchev–Trinajstić information content (AvgIpc) is 3.42. The third-order valence-electron chi connectivity index (χ3n) is 6.19. The van der Waals surface area contributed by atoms with E-state index in [-0.39, 0.29) is 5.82 Å². The molecule has 0 amide bonds. The Morgan fingerprint density at radius 2 is 2.00 bits per heavy atom. The Balaban J connectivity index is 1.40. The van der Waals surface area contributed by atoms with Gasteiger partial charge in [0.2, 0.25) is 0 Å². The Labute approximate surface area is 215 Å². The van der Waals surface area contributed by atoms with E-state index in [1.165, 1.54) is 6.33 Å². The second kappa shape index (κ2) is 12.9. The molecule has 12 heteroatoms. The summed E-state index contributed by atoms with van der Waals surface area (Å²) in [4.78, 5) is 20.3. The van der Waals surface area contributed by atoms with Crippen LogP contribution in [0.25, 0.3) is 22.6 Å². The first kappa shape index (κ1) is 26.9. The molecule has 4 atom stereocenters. The third kappa shape index (κ3) is 6.40. The molecule has 0 radical (unpaired) electrons. The van der Waals surface area contributed by atoms with Crippen LogP contribution < -0.4 is 5.73 Å². The minimum atomic E-state index is -1.18. The fourth-order valence-corrected chi connectivity index (χ4v) is 4.30. The fraction of sp³-hybridized carbons (Fsp3) is 0.520. The van der Waals surface area contributed by atoms with E-state index < -0.39 is 24.5 Å². The van der Waals surface area contributed by atoms with Crippen molar-refractivity contribution in [3.63, 3.8) is 0 Å². The van der Waals surface area contributed by atoms with E-state index in [4.69, 9.17) is 20.0 Å². The standard InChI is InChI=1S/C25H35N7O5/c1-3-35-14-11-29-36-13-8-7-12-31(2)15-18-20(33)21(34)25(37-18)32-23(17-9-5-4-6-10-17)30-19-22(26)27-16-28-24(19)32/h4-6,9-11,16,18,20-21,25,33-34H,3,7-8,12-15H2,1-2H3,(H2,26,27,28)/t18-,20-,21-,25-/m1/s1. The Hall–Kier alpha value is -3.16. The van der Waals surface area contributed by atoms with Gasteiger partial charge in [0.1, 0.15) is 37.1 Å². The van der Waals surface area contributed by atoms with E-state index in [0.29, 0.717) is 43.4 Å². The van der Waals surface area contributed by atoms with E-state index in [2.05, 4.69) is 25.0 Å². The predicted octanol–water partition coefficient (Wildman–Crippen LogP) is 1.45. The number of aliphatic hydroxyl groups excluding tert-OH is 2. The lowest BCUT2D eigenvalue weighted by molar-refractivity contribution is -0.0414. The molecule has 1 aliphatic heterocycles. The van der Waals surface area contributed by atoms with Crippen molar-refractivity contribution in [1.29, 1.82) is 0 Å².